The first kappa shape index (κ1) is 19.5. The fourth-order valence-corrected chi connectivity index (χ4v) is 1.94. The van der Waals surface area contributed by atoms with Crippen LogP contribution in [0.1, 0.15) is 12.8 Å². The summed E-state index contributed by atoms with van der Waals surface area (Å²) >= 11 is 0. The zero-order valence-electron chi connectivity index (χ0n) is 14.1. The van der Waals surface area contributed by atoms with Crippen LogP contribution in [-0.2, 0) is 19.1 Å². The van der Waals surface area contributed by atoms with E-state index in [1.54, 1.807) is 0 Å². The fourth-order valence-electron chi connectivity index (χ4n) is 1.94. The molecular formula is C14H26N6O4. The predicted octanol–water partition coefficient (Wildman–Crippen LogP) is -1.25. The van der Waals surface area contributed by atoms with Gasteiger partial charge in [-0.1, -0.05) is 0 Å². The van der Waals surface area contributed by atoms with E-state index < -0.39 is 11.9 Å². The Morgan fingerprint density at radius 3 is 1.67 bits per heavy atom. The Balaban J connectivity index is 2.34. The summed E-state index contributed by atoms with van der Waals surface area (Å²) in [5.41, 5.74) is 10.5. The summed E-state index contributed by atoms with van der Waals surface area (Å²) in [4.78, 5) is 25.9. The molecule has 10 nitrogen and oxygen atoms in total. The van der Waals surface area contributed by atoms with Gasteiger partial charge in [0.05, 0.1) is 13.2 Å². The highest BCUT2D eigenvalue weighted by atomic mass is 16.5. The van der Waals surface area contributed by atoms with E-state index in [-0.39, 0.29) is 44.1 Å². The average Bonchev–Trinajstić information content (AvgIpc) is 3.31. The molecular weight excluding hydrogens is 316 g/mol. The van der Waals surface area contributed by atoms with E-state index in [1.165, 1.54) is 23.9 Å². The number of likely N-dealkylation sites (N-methyl/N-ethyl adjacent to an activating group) is 2. The van der Waals surface area contributed by atoms with Gasteiger partial charge in [-0.25, -0.2) is 0 Å². The minimum atomic E-state index is -0.485. The maximum absolute atomic E-state index is 11.7. The molecule has 0 bridgehead atoms. The number of hydrogen-bond acceptors (Lipinski definition) is 6. The third kappa shape index (κ3) is 7.16. The van der Waals surface area contributed by atoms with Gasteiger partial charge in [0, 0.05) is 20.0 Å². The van der Waals surface area contributed by atoms with Crippen LogP contribution < -0.4 is 11.5 Å². The van der Waals surface area contributed by atoms with Gasteiger partial charge in [-0.3, -0.25) is 20.4 Å². The van der Waals surface area contributed by atoms with Crippen LogP contribution in [-0.4, -0.2) is 74.1 Å². The van der Waals surface area contributed by atoms with Crippen molar-refractivity contribution in [1.82, 2.24) is 9.80 Å². The highest BCUT2D eigenvalue weighted by molar-refractivity contribution is 5.81. The van der Waals surface area contributed by atoms with Crippen LogP contribution in [0.3, 0.4) is 0 Å². The molecule has 1 aliphatic carbocycles. The van der Waals surface area contributed by atoms with E-state index >= 15 is 0 Å². The third-order valence-electron chi connectivity index (χ3n) is 3.76. The highest BCUT2D eigenvalue weighted by Crippen LogP contribution is 2.37. The highest BCUT2D eigenvalue weighted by Gasteiger charge is 2.33. The third-order valence-corrected chi connectivity index (χ3v) is 3.76. The lowest BCUT2D eigenvalue weighted by molar-refractivity contribution is -0.149. The Morgan fingerprint density at radius 2 is 1.38 bits per heavy atom. The second-order valence-electron chi connectivity index (χ2n) is 5.95. The lowest BCUT2D eigenvalue weighted by Gasteiger charge is -2.20. The van der Waals surface area contributed by atoms with Gasteiger partial charge >= 0.3 is 11.9 Å². The molecule has 1 saturated carbocycles. The fraction of sp³-hybridized carbons (Fsp3) is 0.714. The number of nitrogens with one attached hydrogen (secondary N) is 2. The van der Waals surface area contributed by atoms with Crippen LogP contribution in [0.25, 0.3) is 0 Å². The van der Waals surface area contributed by atoms with Gasteiger partial charge in [-0.2, -0.15) is 0 Å². The quantitative estimate of drug-likeness (QED) is 0.230. The lowest BCUT2D eigenvalue weighted by atomic mass is 10.1. The molecule has 0 radical (unpaired) electrons. The number of esters is 2. The van der Waals surface area contributed by atoms with Crippen molar-refractivity contribution in [3.05, 3.63) is 0 Å². The largest absolute Gasteiger partial charge is 0.464 e. The Hall–Kier alpha value is -2.52. The Morgan fingerprint density at radius 1 is 1.00 bits per heavy atom. The monoisotopic (exact) mass is 342 g/mol. The van der Waals surface area contributed by atoms with Crippen molar-refractivity contribution < 1.29 is 19.1 Å². The molecule has 0 aromatic carbocycles. The van der Waals surface area contributed by atoms with Gasteiger partial charge in [0.1, 0.15) is 13.1 Å². The van der Waals surface area contributed by atoms with E-state index in [2.05, 4.69) is 0 Å². The van der Waals surface area contributed by atoms with E-state index in [1.807, 2.05) is 0 Å². The van der Waals surface area contributed by atoms with E-state index in [0.717, 1.165) is 12.8 Å². The number of nitrogens with two attached hydrogens (primary N) is 2. The summed E-state index contributed by atoms with van der Waals surface area (Å²) in [6.45, 7) is 0.113. The van der Waals surface area contributed by atoms with Crippen LogP contribution >= 0.6 is 0 Å². The number of hydrogen-bond donors (Lipinski definition) is 4. The van der Waals surface area contributed by atoms with Gasteiger partial charge in [-0.05, 0) is 18.8 Å². The summed E-state index contributed by atoms with van der Waals surface area (Å²) < 4.78 is 10.4. The van der Waals surface area contributed by atoms with Crippen LogP contribution in [0.15, 0.2) is 0 Å². The van der Waals surface area contributed by atoms with E-state index in [9.17, 15) is 9.59 Å². The summed E-state index contributed by atoms with van der Waals surface area (Å²) in [7, 11) is 3.05. The van der Waals surface area contributed by atoms with E-state index in [0.29, 0.717) is 5.92 Å². The number of rotatable bonds is 9. The molecule has 1 fully saturated rings. The number of guanidine groups is 2. The molecule has 0 atom stereocenters. The Labute approximate surface area is 141 Å². The van der Waals surface area contributed by atoms with E-state index in [4.69, 9.17) is 31.8 Å². The Bertz CT molecular complexity index is 456. The number of carbonyl (C=O) groups excluding carboxylic acids is 2. The minimum absolute atomic E-state index is 0.0526. The van der Waals surface area contributed by atoms with Crippen LogP contribution in [0, 0.1) is 22.7 Å². The minimum Gasteiger partial charge on any atom is -0.464 e. The first-order valence-electron chi connectivity index (χ1n) is 7.62. The molecule has 136 valence electrons. The SMILES string of the molecule is CN(CC(=O)OCC(COC(=O)CN(C)C(=N)N)C1CC1)C(=N)N. The van der Waals surface area contributed by atoms with Crippen molar-refractivity contribution in [1.29, 1.82) is 10.8 Å². The maximum atomic E-state index is 11.7. The zero-order chi connectivity index (χ0) is 18.3. The molecule has 0 aliphatic heterocycles. The standard InChI is InChI=1S/C14H26N6O4/c1-19(13(15)16)5-11(21)23-7-10(9-3-4-9)8-24-12(22)6-20(2)14(17)18/h9-10H,3-8H2,1-2H3,(H3,15,16)(H3,17,18). The van der Waals surface area contributed by atoms with Crippen molar-refractivity contribution in [3.8, 4) is 0 Å². The molecule has 1 rings (SSSR count). The van der Waals surface area contributed by atoms with Gasteiger partial charge in [0.2, 0.25) is 0 Å². The molecule has 6 N–H and O–H groups in total. The van der Waals surface area contributed by atoms with Crippen molar-refractivity contribution in [3.63, 3.8) is 0 Å². The van der Waals surface area contributed by atoms with Gasteiger partial charge in [0.25, 0.3) is 0 Å². The van der Waals surface area contributed by atoms with Gasteiger partial charge in [0.15, 0.2) is 11.9 Å². The van der Waals surface area contributed by atoms with Crippen LogP contribution in [0.5, 0.6) is 0 Å². The topological polar surface area (TPSA) is 159 Å². The molecule has 0 unspecified atom stereocenters. The van der Waals surface area contributed by atoms with Gasteiger partial charge < -0.3 is 30.7 Å². The summed E-state index contributed by atoms with van der Waals surface area (Å²) in [5, 5.41) is 14.4. The molecule has 24 heavy (non-hydrogen) atoms. The lowest BCUT2D eigenvalue weighted by Crippen LogP contribution is -2.38. The van der Waals surface area contributed by atoms with Crippen LogP contribution in [0.2, 0.25) is 0 Å². The number of nitrogens with zero attached hydrogens (tertiary/aromatic N) is 2. The number of carbonyl (C=O) groups is 2. The molecule has 0 saturated heterocycles. The maximum Gasteiger partial charge on any atom is 0.325 e. The summed E-state index contributed by atoms with van der Waals surface area (Å²) in [6, 6.07) is 0. The number of ether oxygens (including phenoxy) is 2. The van der Waals surface area contributed by atoms with Crippen molar-refractivity contribution >= 4 is 23.9 Å². The second kappa shape index (κ2) is 8.94. The zero-order valence-corrected chi connectivity index (χ0v) is 14.1. The summed E-state index contributed by atoms with van der Waals surface area (Å²) in [5.74, 6) is -1.07. The normalized spacial score (nSPS) is 14.4. The molecule has 0 aromatic heterocycles. The second-order valence-corrected chi connectivity index (χ2v) is 5.95. The first-order chi connectivity index (χ1) is 11.2. The van der Waals surface area contributed by atoms with Crippen molar-refractivity contribution in [2.45, 2.75) is 12.8 Å². The van der Waals surface area contributed by atoms with Crippen molar-refractivity contribution in [2.75, 3.05) is 40.4 Å². The molecule has 0 spiro atoms. The first-order valence-corrected chi connectivity index (χ1v) is 7.62. The molecule has 10 heteroatoms. The Kier molecular flexibility index (Phi) is 7.28. The smallest absolute Gasteiger partial charge is 0.325 e. The van der Waals surface area contributed by atoms with Crippen molar-refractivity contribution in [2.24, 2.45) is 23.3 Å². The van der Waals surface area contributed by atoms with Crippen LogP contribution in [0.4, 0.5) is 0 Å². The predicted molar refractivity (Wildman–Crippen MR) is 87.2 cm³/mol. The molecule has 0 amide bonds. The average molecular weight is 342 g/mol. The molecule has 1 aliphatic rings. The van der Waals surface area contributed by atoms with Gasteiger partial charge in [-0.15, -0.1) is 0 Å². The molecule has 0 aromatic rings. The molecule has 0 heterocycles. The summed E-state index contributed by atoms with van der Waals surface area (Å²) in [6.07, 6.45) is 2.03.